The summed E-state index contributed by atoms with van der Waals surface area (Å²) in [7, 11) is 0. The zero-order valence-corrected chi connectivity index (χ0v) is 21.6. The molecule has 0 bridgehead atoms. The number of esters is 1. The number of hydrogen-bond acceptors (Lipinski definition) is 8. The summed E-state index contributed by atoms with van der Waals surface area (Å²) in [6.45, 7) is 8.25. The molecule has 0 radical (unpaired) electrons. The van der Waals surface area contributed by atoms with E-state index in [1.54, 1.807) is 64.1 Å². The van der Waals surface area contributed by atoms with Crippen molar-refractivity contribution >= 4 is 11.8 Å². The number of carbonyl (C=O) groups is 2. The molecule has 1 saturated heterocycles. The molecule has 0 amide bonds. The van der Waals surface area contributed by atoms with Crippen LogP contribution < -0.4 is 0 Å². The Bertz CT molecular complexity index is 1050. The van der Waals surface area contributed by atoms with Gasteiger partial charge in [0.1, 0.15) is 23.4 Å². The Kier molecular flexibility index (Phi) is 6.76. The lowest BCUT2D eigenvalue weighted by atomic mass is 9.49. The predicted octanol–water partition coefficient (Wildman–Crippen LogP) is 2.18. The largest absolute Gasteiger partial charge is 0.455 e. The number of ether oxygens (including phenoxy) is 2. The molecule has 4 N–H and O–H groups in total. The minimum atomic E-state index is -1.85. The first-order valence-electron chi connectivity index (χ1n) is 12.6. The number of fused-ring (bicyclic) bond motifs is 1. The summed E-state index contributed by atoms with van der Waals surface area (Å²) in [6, 6.07) is 8.30. The van der Waals surface area contributed by atoms with Crippen molar-refractivity contribution in [2.45, 2.75) is 89.5 Å². The van der Waals surface area contributed by atoms with E-state index in [4.69, 9.17) is 9.47 Å². The molecule has 8 heteroatoms. The maximum atomic E-state index is 13.5. The first-order chi connectivity index (χ1) is 16.7. The molecule has 8 nitrogen and oxygen atoms in total. The second-order valence-corrected chi connectivity index (χ2v) is 11.7. The fourth-order valence-corrected chi connectivity index (χ4v) is 6.67. The van der Waals surface area contributed by atoms with Gasteiger partial charge in [0.15, 0.2) is 5.78 Å². The lowest BCUT2D eigenvalue weighted by molar-refractivity contribution is -0.326. The van der Waals surface area contributed by atoms with Gasteiger partial charge in [0, 0.05) is 23.2 Å². The summed E-state index contributed by atoms with van der Waals surface area (Å²) in [6.07, 6.45) is -2.10. The van der Waals surface area contributed by atoms with Gasteiger partial charge < -0.3 is 29.9 Å². The molecule has 3 aliphatic rings. The number of carbonyl (C=O) groups excluding carboxylic acids is 2. The lowest BCUT2D eigenvalue weighted by Crippen LogP contribution is -2.76. The average molecular weight is 503 g/mol. The first-order valence-corrected chi connectivity index (χ1v) is 12.6. The summed E-state index contributed by atoms with van der Waals surface area (Å²) in [5.74, 6) is -2.32. The van der Waals surface area contributed by atoms with E-state index < -0.39 is 64.1 Å². The van der Waals surface area contributed by atoms with E-state index in [1.807, 2.05) is 0 Å². The predicted molar refractivity (Wildman–Crippen MR) is 131 cm³/mol. The number of ketones is 1. The molecular weight excluding hydrogens is 464 g/mol. The van der Waals surface area contributed by atoms with Crippen molar-refractivity contribution in [1.82, 2.24) is 0 Å². The minimum Gasteiger partial charge on any atom is -0.455 e. The van der Waals surface area contributed by atoms with Crippen molar-refractivity contribution < 1.29 is 39.5 Å². The maximum absolute atomic E-state index is 13.5. The van der Waals surface area contributed by atoms with E-state index in [2.05, 4.69) is 0 Å². The third kappa shape index (κ3) is 4.03. The van der Waals surface area contributed by atoms with Gasteiger partial charge in [0.25, 0.3) is 0 Å². The fourth-order valence-electron chi connectivity index (χ4n) is 6.67. The molecule has 6 unspecified atom stereocenters. The molecule has 0 spiro atoms. The monoisotopic (exact) mass is 502 g/mol. The van der Waals surface area contributed by atoms with Crippen LogP contribution in [-0.2, 0) is 14.3 Å². The standard InChI is InChI=1S/C28H38O8/c1-16-13-25(3,4)28(34,14-19(16)30)23(36-24(32)18-9-7-6-8-10-18)21-26(5,22(31)17(2)29)12-11-20-27(21,33)15-35-20/h6-10,13,17,19-21,23,29-30,33-34H,11-12,14-15H2,1-5H3/t17?,19?,20?,21?,23?,26-,27+,28?/m1/s1. The maximum Gasteiger partial charge on any atom is 0.338 e. The third-order valence-electron chi connectivity index (χ3n) is 8.92. The van der Waals surface area contributed by atoms with Gasteiger partial charge in [-0.15, -0.1) is 0 Å². The molecule has 2 fully saturated rings. The molecule has 2 aliphatic carbocycles. The zero-order chi connectivity index (χ0) is 26.7. The van der Waals surface area contributed by atoms with Crippen LogP contribution in [0, 0.1) is 16.7 Å². The smallest absolute Gasteiger partial charge is 0.338 e. The molecule has 8 atom stereocenters. The van der Waals surface area contributed by atoms with Crippen LogP contribution >= 0.6 is 0 Å². The van der Waals surface area contributed by atoms with Gasteiger partial charge >= 0.3 is 5.97 Å². The van der Waals surface area contributed by atoms with Crippen molar-refractivity contribution in [3.05, 3.63) is 47.5 Å². The number of Topliss-reactive ketones (excluding diaryl/α,β-unsaturated/α-hetero) is 1. The zero-order valence-electron chi connectivity index (χ0n) is 21.6. The van der Waals surface area contributed by atoms with Crippen LogP contribution in [0.1, 0.15) is 64.2 Å². The SMILES string of the molecule is CC1=CC(C)(C)C(O)(C(OC(=O)c2ccccc2)C2[C@]3(O)COC3CC[C@@]2(C)C(=O)C(C)O)CC1O. The summed E-state index contributed by atoms with van der Waals surface area (Å²) in [4.78, 5) is 26.9. The van der Waals surface area contributed by atoms with Crippen molar-refractivity contribution in [3.63, 3.8) is 0 Å². The van der Waals surface area contributed by atoms with Crippen LogP contribution in [0.15, 0.2) is 42.0 Å². The van der Waals surface area contributed by atoms with E-state index in [9.17, 15) is 30.0 Å². The molecule has 1 aromatic carbocycles. The number of hydrogen-bond donors (Lipinski definition) is 4. The molecule has 1 heterocycles. The molecule has 1 aromatic rings. The van der Waals surface area contributed by atoms with Crippen molar-refractivity contribution in [1.29, 1.82) is 0 Å². The molecule has 1 aliphatic heterocycles. The van der Waals surface area contributed by atoms with Crippen LogP contribution in [0.4, 0.5) is 0 Å². The number of rotatable bonds is 6. The highest BCUT2D eigenvalue weighted by molar-refractivity contribution is 5.90. The van der Waals surface area contributed by atoms with Crippen LogP contribution in [-0.4, -0.2) is 74.4 Å². The van der Waals surface area contributed by atoms with Gasteiger partial charge in [-0.3, -0.25) is 4.79 Å². The Morgan fingerprint density at radius 1 is 1.14 bits per heavy atom. The van der Waals surface area contributed by atoms with Gasteiger partial charge in [-0.1, -0.05) is 45.0 Å². The van der Waals surface area contributed by atoms with Gasteiger partial charge in [-0.2, -0.15) is 0 Å². The van der Waals surface area contributed by atoms with Crippen LogP contribution in [0.3, 0.4) is 0 Å². The number of benzene rings is 1. The van der Waals surface area contributed by atoms with Crippen molar-refractivity contribution in [3.8, 4) is 0 Å². The van der Waals surface area contributed by atoms with Gasteiger partial charge in [0.2, 0.25) is 0 Å². The number of aliphatic hydroxyl groups excluding tert-OH is 2. The number of aliphatic hydroxyl groups is 4. The molecule has 198 valence electrons. The summed E-state index contributed by atoms with van der Waals surface area (Å²) in [5.41, 5.74) is -4.84. The normalized spacial score (nSPS) is 39.1. The van der Waals surface area contributed by atoms with Gasteiger partial charge in [-0.05, 0) is 44.4 Å². The highest BCUT2D eigenvalue weighted by atomic mass is 16.6. The molecule has 4 rings (SSSR count). The Morgan fingerprint density at radius 3 is 2.33 bits per heavy atom. The van der Waals surface area contributed by atoms with E-state index >= 15 is 0 Å². The Balaban J connectivity index is 1.91. The van der Waals surface area contributed by atoms with E-state index in [-0.39, 0.29) is 25.0 Å². The second-order valence-electron chi connectivity index (χ2n) is 11.7. The third-order valence-corrected chi connectivity index (χ3v) is 8.92. The van der Waals surface area contributed by atoms with E-state index in [1.165, 1.54) is 6.92 Å². The summed E-state index contributed by atoms with van der Waals surface area (Å²) < 4.78 is 11.7. The molecule has 0 aromatic heterocycles. The highest BCUT2D eigenvalue weighted by Gasteiger charge is 2.71. The summed E-state index contributed by atoms with van der Waals surface area (Å²) in [5, 5.41) is 45.4. The van der Waals surface area contributed by atoms with Crippen LogP contribution in [0.5, 0.6) is 0 Å². The van der Waals surface area contributed by atoms with Gasteiger partial charge in [0.05, 0.1) is 24.4 Å². The van der Waals surface area contributed by atoms with Crippen molar-refractivity contribution in [2.24, 2.45) is 16.7 Å². The van der Waals surface area contributed by atoms with Gasteiger partial charge in [-0.25, -0.2) is 4.79 Å². The first kappa shape index (κ1) is 26.9. The summed E-state index contributed by atoms with van der Waals surface area (Å²) >= 11 is 0. The van der Waals surface area contributed by atoms with E-state index in [0.29, 0.717) is 12.0 Å². The van der Waals surface area contributed by atoms with Crippen LogP contribution in [0.25, 0.3) is 0 Å². The Labute approximate surface area is 211 Å². The molecule has 36 heavy (non-hydrogen) atoms. The lowest BCUT2D eigenvalue weighted by Gasteiger charge is -2.63. The fraction of sp³-hybridized carbons (Fsp3) is 0.643. The highest BCUT2D eigenvalue weighted by Crippen LogP contribution is 2.59. The quantitative estimate of drug-likeness (QED) is 0.344. The Morgan fingerprint density at radius 2 is 1.78 bits per heavy atom. The van der Waals surface area contributed by atoms with E-state index in [0.717, 1.165) is 0 Å². The molecular formula is C28H38O8. The second kappa shape index (κ2) is 9.03. The van der Waals surface area contributed by atoms with Crippen molar-refractivity contribution in [2.75, 3.05) is 6.61 Å². The topological polar surface area (TPSA) is 134 Å². The minimum absolute atomic E-state index is 0.0989. The van der Waals surface area contributed by atoms with Crippen LogP contribution in [0.2, 0.25) is 0 Å². The Hall–Kier alpha value is -2.10. The average Bonchev–Trinajstić information content (AvgIpc) is 2.80. The molecule has 1 saturated carbocycles.